The molecule has 1 N–H and O–H groups in total. The van der Waals surface area contributed by atoms with Crippen molar-refractivity contribution in [2.24, 2.45) is 0 Å². The van der Waals surface area contributed by atoms with Crippen LogP contribution in [0.15, 0.2) is 48.5 Å². The van der Waals surface area contributed by atoms with Crippen molar-refractivity contribution >= 4 is 23.2 Å². The third-order valence-corrected chi connectivity index (χ3v) is 3.76. The highest BCUT2D eigenvalue weighted by molar-refractivity contribution is 6.23. The van der Waals surface area contributed by atoms with Gasteiger partial charge in [-0.3, -0.25) is 9.59 Å². The van der Waals surface area contributed by atoms with Crippen molar-refractivity contribution in [1.82, 2.24) is 0 Å². The molecule has 1 heterocycles. The summed E-state index contributed by atoms with van der Waals surface area (Å²) in [6.45, 7) is 2.35. The van der Waals surface area contributed by atoms with Crippen LogP contribution in [0, 0.1) is 5.82 Å². The molecule has 0 bridgehead atoms. The Balaban J connectivity index is 1.84. The molecular formula is C18H17FN2O3. The molecule has 0 aromatic heterocycles. The maximum atomic E-state index is 13.9. The highest BCUT2D eigenvalue weighted by atomic mass is 19.1. The van der Waals surface area contributed by atoms with Crippen molar-refractivity contribution in [2.45, 2.75) is 19.4 Å². The topological polar surface area (TPSA) is 58.6 Å². The molecule has 2 amide bonds. The molecule has 1 aliphatic rings. The van der Waals surface area contributed by atoms with Crippen LogP contribution in [0.5, 0.6) is 5.75 Å². The van der Waals surface area contributed by atoms with E-state index in [0.717, 1.165) is 4.90 Å². The van der Waals surface area contributed by atoms with Crippen LogP contribution in [0.1, 0.15) is 13.3 Å². The first-order chi connectivity index (χ1) is 11.6. The molecule has 0 radical (unpaired) electrons. The number of para-hydroxylation sites is 3. The van der Waals surface area contributed by atoms with E-state index in [1.807, 2.05) is 13.0 Å². The molecule has 0 saturated carbocycles. The Bertz CT molecular complexity index is 778. The van der Waals surface area contributed by atoms with E-state index in [1.54, 1.807) is 24.3 Å². The van der Waals surface area contributed by atoms with Gasteiger partial charge in [0.15, 0.2) is 0 Å². The highest BCUT2D eigenvalue weighted by Crippen LogP contribution is 2.30. The molecule has 1 saturated heterocycles. The van der Waals surface area contributed by atoms with Crippen molar-refractivity contribution in [2.75, 3.05) is 16.8 Å². The normalized spacial score (nSPS) is 17.2. The van der Waals surface area contributed by atoms with Crippen LogP contribution in [0.3, 0.4) is 0 Å². The zero-order chi connectivity index (χ0) is 17.1. The number of amides is 2. The highest BCUT2D eigenvalue weighted by Gasteiger charge is 2.40. The molecule has 2 aromatic rings. The SMILES string of the molecule is CCOc1ccccc1N[C@@H]1CC(=O)N(c2ccccc2F)C1=O. The largest absolute Gasteiger partial charge is 0.492 e. The Hall–Kier alpha value is -2.89. The van der Waals surface area contributed by atoms with Crippen molar-refractivity contribution < 1.29 is 18.7 Å². The summed E-state index contributed by atoms with van der Waals surface area (Å²) in [5, 5.41) is 3.03. The minimum absolute atomic E-state index is 0.0186. The first-order valence-electron chi connectivity index (χ1n) is 7.71. The predicted octanol–water partition coefficient (Wildman–Crippen LogP) is 2.97. The lowest BCUT2D eigenvalue weighted by Gasteiger charge is -2.18. The number of nitrogens with zero attached hydrogens (tertiary/aromatic N) is 1. The molecule has 3 rings (SSSR count). The number of imide groups is 1. The maximum Gasteiger partial charge on any atom is 0.256 e. The lowest BCUT2D eigenvalue weighted by Crippen LogP contribution is -2.35. The fraction of sp³-hybridized carbons (Fsp3) is 0.222. The van der Waals surface area contributed by atoms with Crippen LogP contribution in [0.4, 0.5) is 15.8 Å². The number of carbonyl (C=O) groups excluding carboxylic acids is 2. The van der Waals surface area contributed by atoms with Crippen molar-refractivity contribution in [1.29, 1.82) is 0 Å². The molecule has 1 atom stereocenters. The summed E-state index contributed by atoms with van der Waals surface area (Å²) in [5.74, 6) is -0.910. The maximum absolute atomic E-state index is 13.9. The van der Waals surface area contributed by atoms with Gasteiger partial charge in [-0.2, -0.15) is 0 Å². The third kappa shape index (κ3) is 2.95. The second-order valence-electron chi connectivity index (χ2n) is 5.35. The van der Waals surface area contributed by atoms with E-state index < -0.39 is 23.7 Å². The van der Waals surface area contributed by atoms with Gasteiger partial charge < -0.3 is 10.1 Å². The predicted molar refractivity (Wildman–Crippen MR) is 88.5 cm³/mol. The van der Waals surface area contributed by atoms with Crippen LogP contribution in [0.2, 0.25) is 0 Å². The summed E-state index contributed by atoms with van der Waals surface area (Å²) < 4.78 is 19.4. The summed E-state index contributed by atoms with van der Waals surface area (Å²) in [4.78, 5) is 25.7. The molecule has 1 aliphatic heterocycles. The van der Waals surface area contributed by atoms with Gasteiger partial charge in [-0.1, -0.05) is 24.3 Å². The quantitative estimate of drug-likeness (QED) is 0.857. The number of ether oxygens (including phenoxy) is 1. The summed E-state index contributed by atoms with van der Waals surface area (Å²) in [5.41, 5.74) is 0.607. The van der Waals surface area contributed by atoms with E-state index in [1.165, 1.54) is 18.2 Å². The van der Waals surface area contributed by atoms with Crippen molar-refractivity contribution in [3.63, 3.8) is 0 Å². The minimum atomic E-state index is -0.751. The summed E-state index contributed by atoms with van der Waals surface area (Å²) in [6.07, 6.45) is -0.0341. The Morgan fingerprint density at radius 2 is 1.88 bits per heavy atom. The number of hydrogen-bond donors (Lipinski definition) is 1. The second-order valence-corrected chi connectivity index (χ2v) is 5.35. The summed E-state index contributed by atoms with van der Waals surface area (Å²) in [7, 11) is 0. The average Bonchev–Trinajstić information content (AvgIpc) is 2.84. The van der Waals surface area contributed by atoms with Gasteiger partial charge in [-0.25, -0.2) is 9.29 Å². The van der Waals surface area contributed by atoms with Gasteiger partial charge in [0, 0.05) is 0 Å². The smallest absolute Gasteiger partial charge is 0.256 e. The summed E-state index contributed by atoms with van der Waals surface area (Å²) in [6, 6.07) is 12.2. The standard InChI is InChI=1S/C18H17FN2O3/c1-2-24-16-10-6-4-8-13(16)20-14-11-17(22)21(18(14)23)15-9-5-3-7-12(15)19/h3-10,14,20H,2,11H2,1H3/t14-/m1/s1. The minimum Gasteiger partial charge on any atom is -0.492 e. The molecule has 6 heteroatoms. The molecule has 2 aromatic carbocycles. The second kappa shape index (κ2) is 6.70. The van der Waals surface area contributed by atoms with Crippen LogP contribution in [0.25, 0.3) is 0 Å². The Labute approximate surface area is 139 Å². The Morgan fingerprint density at radius 3 is 2.62 bits per heavy atom. The number of anilines is 2. The van der Waals surface area contributed by atoms with Gasteiger partial charge in [0.1, 0.15) is 17.6 Å². The third-order valence-electron chi connectivity index (χ3n) is 3.76. The number of hydrogen-bond acceptors (Lipinski definition) is 4. The number of nitrogens with one attached hydrogen (secondary N) is 1. The van der Waals surface area contributed by atoms with E-state index in [2.05, 4.69) is 5.32 Å². The Kier molecular flexibility index (Phi) is 4.46. The fourth-order valence-electron chi connectivity index (χ4n) is 2.69. The van der Waals surface area contributed by atoms with Crippen LogP contribution in [-0.2, 0) is 9.59 Å². The van der Waals surface area contributed by atoms with Gasteiger partial charge in [0.05, 0.1) is 24.4 Å². The van der Waals surface area contributed by atoms with Crippen LogP contribution in [-0.4, -0.2) is 24.5 Å². The van der Waals surface area contributed by atoms with Crippen LogP contribution >= 0.6 is 0 Å². The van der Waals surface area contributed by atoms with E-state index in [0.29, 0.717) is 18.0 Å². The van der Waals surface area contributed by atoms with E-state index in [-0.39, 0.29) is 12.1 Å². The van der Waals surface area contributed by atoms with E-state index in [9.17, 15) is 14.0 Å². The van der Waals surface area contributed by atoms with Crippen molar-refractivity contribution in [3.8, 4) is 5.75 Å². The van der Waals surface area contributed by atoms with Gasteiger partial charge in [0.25, 0.3) is 5.91 Å². The lowest BCUT2D eigenvalue weighted by atomic mass is 10.2. The fourth-order valence-corrected chi connectivity index (χ4v) is 2.69. The number of benzene rings is 2. The molecule has 24 heavy (non-hydrogen) atoms. The monoisotopic (exact) mass is 328 g/mol. The molecule has 0 spiro atoms. The molecule has 124 valence electrons. The zero-order valence-electron chi connectivity index (χ0n) is 13.2. The van der Waals surface area contributed by atoms with Gasteiger partial charge >= 0.3 is 0 Å². The Morgan fingerprint density at radius 1 is 1.17 bits per heavy atom. The molecule has 0 unspecified atom stereocenters. The lowest BCUT2D eigenvalue weighted by molar-refractivity contribution is -0.121. The average molecular weight is 328 g/mol. The summed E-state index contributed by atoms with van der Waals surface area (Å²) >= 11 is 0. The van der Waals surface area contributed by atoms with E-state index >= 15 is 0 Å². The number of halogens is 1. The van der Waals surface area contributed by atoms with E-state index in [4.69, 9.17) is 4.74 Å². The van der Waals surface area contributed by atoms with Gasteiger partial charge in [-0.05, 0) is 31.2 Å². The van der Waals surface area contributed by atoms with Gasteiger partial charge in [-0.15, -0.1) is 0 Å². The van der Waals surface area contributed by atoms with Crippen molar-refractivity contribution in [3.05, 3.63) is 54.3 Å². The molecule has 1 fully saturated rings. The molecular weight excluding hydrogens is 311 g/mol. The van der Waals surface area contributed by atoms with Crippen LogP contribution < -0.4 is 15.0 Å². The first-order valence-corrected chi connectivity index (χ1v) is 7.71. The number of rotatable bonds is 5. The number of carbonyl (C=O) groups is 2. The van der Waals surface area contributed by atoms with Gasteiger partial charge in [0.2, 0.25) is 5.91 Å². The molecule has 0 aliphatic carbocycles. The first kappa shape index (κ1) is 16.0. The molecule has 5 nitrogen and oxygen atoms in total. The zero-order valence-corrected chi connectivity index (χ0v) is 13.2.